The number of nitrogens with one attached hydrogen (secondary N) is 1. The first-order chi connectivity index (χ1) is 6.29. The van der Waals surface area contributed by atoms with Gasteiger partial charge in [0, 0.05) is 19.1 Å². The number of methoxy groups -OCH3 is 1. The summed E-state index contributed by atoms with van der Waals surface area (Å²) >= 11 is 0. The average Bonchev–Trinajstić information content (AvgIpc) is 2.71. The van der Waals surface area contributed by atoms with Gasteiger partial charge in [-0.15, -0.1) is 5.10 Å². The second kappa shape index (κ2) is 3.21. The van der Waals surface area contributed by atoms with Gasteiger partial charge in [0.1, 0.15) is 0 Å². The molecule has 0 bridgehead atoms. The number of aromatic amines is 1. The highest BCUT2D eigenvalue weighted by Gasteiger charge is 2.21. The van der Waals surface area contributed by atoms with Crippen LogP contribution in [0.15, 0.2) is 0 Å². The summed E-state index contributed by atoms with van der Waals surface area (Å²) in [6.07, 6.45) is 1.00. The Balaban J connectivity index is 2.08. The van der Waals surface area contributed by atoms with E-state index >= 15 is 0 Å². The molecule has 1 saturated heterocycles. The average molecular weight is 183 g/mol. The van der Waals surface area contributed by atoms with E-state index in [9.17, 15) is 0 Å². The molecule has 0 aliphatic carbocycles. The summed E-state index contributed by atoms with van der Waals surface area (Å²) in [5, 5.41) is 6.67. The van der Waals surface area contributed by atoms with Gasteiger partial charge in [-0.3, -0.25) is 0 Å². The van der Waals surface area contributed by atoms with E-state index in [0.29, 0.717) is 6.01 Å². The topological polar surface area (TPSA) is 80.1 Å². The highest BCUT2D eigenvalue weighted by atomic mass is 16.5. The molecule has 13 heavy (non-hydrogen) atoms. The summed E-state index contributed by atoms with van der Waals surface area (Å²) in [5.41, 5.74) is 5.77. The van der Waals surface area contributed by atoms with Crippen molar-refractivity contribution < 1.29 is 4.74 Å². The van der Waals surface area contributed by atoms with Crippen molar-refractivity contribution >= 4 is 5.95 Å². The van der Waals surface area contributed by atoms with E-state index in [-0.39, 0.29) is 6.04 Å². The molecule has 3 N–H and O–H groups in total. The lowest BCUT2D eigenvalue weighted by Gasteiger charge is -2.12. The van der Waals surface area contributed by atoms with Gasteiger partial charge in [0.2, 0.25) is 5.95 Å². The van der Waals surface area contributed by atoms with Gasteiger partial charge in [-0.2, -0.15) is 4.98 Å². The molecule has 1 aliphatic heterocycles. The zero-order valence-electron chi connectivity index (χ0n) is 7.53. The second-order valence-corrected chi connectivity index (χ2v) is 3.14. The summed E-state index contributed by atoms with van der Waals surface area (Å²) in [7, 11) is 1.54. The summed E-state index contributed by atoms with van der Waals surface area (Å²) in [5.74, 6) is 0.741. The van der Waals surface area contributed by atoms with E-state index in [2.05, 4.69) is 20.1 Å². The number of nitrogens with two attached hydrogens (primary N) is 1. The monoisotopic (exact) mass is 183 g/mol. The minimum absolute atomic E-state index is 0.246. The Labute approximate surface area is 76.1 Å². The molecule has 1 aromatic heterocycles. The smallest absolute Gasteiger partial charge is 0.336 e. The van der Waals surface area contributed by atoms with E-state index < -0.39 is 0 Å². The zero-order valence-corrected chi connectivity index (χ0v) is 7.53. The van der Waals surface area contributed by atoms with Crippen LogP contribution in [0.25, 0.3) is 0 Å². The summed E-state index contributed by atoms with van der Waals surface area (Å²) < 4.78 is 4.87. The minimum Gasteiger partial charge on any atom is -0.466 e. The molecule has 1 aromatic rings. The fraction of sp³-hybridized carbons (Fsp3) is 0.714. The van der Waals surface area contributed by atoms with Crippen LogP contribution in [0, 0.1) is 0 Å². The van der Waals surface area contributed by atoms with E-state index in [1.807, 2.05) is 0 Å². The summed E-state index contributed by atoms with van der Waals surface area (Å²) in [6.45, 7) is 1.76. The molecular formula is C7H13N5O. The molecule has 0 aromatic carbocycles. The van der Waals surface area contributed by atoms with Gasteiger partial charge in [-0.25, -0.2) is 5.10 Å². The van der Waals surface area contributed by atoms with E-state index in [4.69, 9.17) is 10.5 Å². The molecule has 72 valence electrons. The van der Waals surface area contributed by atoms with E-state index in [1.165, 1.54) is 0 Å². The lowest BCUT2D eigenvalue weighted by Crippen LogP contribution is -2.26. The maximum Gasteiger partial charge on any atom is 0.336 e. The van der Waals surface area contributed by atoms with Crippen LogP contribution in [-0.2, 0) is 0 Å². The van der Waals surface area contributed by atoms with Gasteiger partial charge in [-0.05, 0) is 6.42 Å². The molecule has 6 heteroatoms. The predicted octanol–water partition coefficient (Wildman–Crippen LogP) is -0.649. The number of anilines is 1. The first-order valence-corrected chi connectivity index (χ1v) is 4.26. The molecule has 0 radical (unpaired) electrons. The van der Waals surface area contributed by atoms with Gasteiger partial charge >= 0.3 is 6.01 Å². The fourth-order valence-corrected chi connectivity index (χ4v) is 1.45. The second-order valence-electron chi connectivity index (χ2n) is 3.14. The van der Waals surface area contributed by atoms with E-state index in [1.54, 1.807) is 7.11 Å². The summed E-state index contributed by atoms with van der Waals surface area (Å²) in [4.78, 5) is 6.20. The molecule has 1 aliphatic rings. The zero-order chi connectivity index (χ0) is 9.26. The van der Waals surface area contributed by atoms with Crippen molar-refractivity contribution in [2.24, 2.45) is 5.73 Å². The van der Waals surface area contributed by atoms with Crippen LogP contribution in [0.2, 0.25) is 0 Å². The Morgan fingerprint density at radius 1 is 1.69 bits per heavy atom. The number of ether oxygens (including phenoxy) is 1. The molecule has 1 fully saturated rings. The highest BCUT2D eigenvalue weighted by Crippen LogP contribution is 2.16. The first-order valence-electron chi connectivity index (χ1n) is 4.26. The number of H-pyrrole nitrogens is 1. The molecule has 6 nitrogen and oxygen atoms in total. The third-order valence-electron chi connectivity index (χ3n) is 2.16. The Morgan fingerprint density at radius 2 is 2.54 bits per heavy atom. The van der Waals surface area contributed by atoms with Gasteiger partial charge in [-0.1, -0.05) is 0 Å². The Morgan fingerprint density at radius 3 is 3.08 bits per heavy atom. The number of nitrogens with zero attached hydrogens (tertiary/aromatic N) is 3. The Kier molecular flexibility index (Phi) is 2.05. The minimum atomic E-state index is 0.246. The first kappa shape index (κ1) is 8.31. The molecule has 0 saturated carbocycles. The number of hydrogen-bond acceptors (Lipinski definition) is 5. The van der Waals surface area contributed by atoms with Crippen molar-refractivity contribution in [3.05, 3.63) is 0 Å². The molecule has 1 unspecified atom stereocenters. The van der Waals surface area contributed by atoms with Gasteiger partial charge < -0.3 is 15.4 Å². The van der Waals surface area contributed by atoms with Crippen LogP contribution in [0.1, 0.15) is 6.42 Å². The van der Waals surface area contributed by atoms with E-state index in [0.717, 1.165) is 25.5 Å². The van der Waals surface area contributed by atoms with Gasteiger partial charge in [0.25, 0.3) is 0 Å². The summed E-state index contributed by atoms with van der Waals surface area (Å²) in [6, 6.07) is 0.617. The van der Waals surface area contributed by atoms with Gasteiger partial charge in [0.05, 0.1) is 7.11 Å². The van der Waals surface area contributed by atoms with Crippen LogP contribution in [0.5, 0.6) is 6.01 Å². The molecule has 1 atom stereocenters. The van der Waals surface area contributed by atoms with Crippen LogP contribution in [-0.4, -0.2) is 41.4 Å². The normalized spacial score (nSPS) is 22.3. The van der Waals surface area contributed by atoms with Crippen molar-refractivity contribution in [1.29, 1.82) is 0 Å². The molecule has 2 heterocycles. The van der Waals surface area contributed by atoms with Gasteiger partial charge in [0.15, 0.2) is 0 Å². The van der Waals surface area contributed by atoms with Crippen LogP contribution < -0.4 is 15.4 Å². The predicted molar refractivity (Wildman–Crippen MR) is 47.7 cm³/mol. The fourth-order valence-electron chi connectivity index (χ4n) is 1.45. The largest absolute Gasteiger partial charge is 0.466 e. The van der Waals surface area contributed by atoms with Crippen LogP contribution >= 0.6 is 0 Å². The van der Waals surface area contributed by atoms with Crippen molar-refractivity contribution in [1.82, 2.24) is 15.2 Å². The van der Waals surface area contributed by atoms with Crippen molar-refractivity contribution in [2.45, 2.75) is 12.5 Å². The maximum atomic E-state index is 5.77. The number of hydrogen-bond donors (Lipinski definition) is 2. The lowest BCUT2D eigenvalue weighted by atomic mass is 10.3. The molecule has 2 rings (SSSR count). The standard InChI is InChI=1S/C7H13N5O/c1-13-7-9-6(10-11-7)12-3-2-5(8)4-12/h5H,2-4,8H2,1H3,(H,9,10,11). The van der Waals surface area contributed by atoms with Crippen molar-refractivity contribution in [2.75, 3.05) is 25.1 Å². The maximum absolute atomic E-state index is 5.77. The third kappa shape index (κ3) is 1.57. The number of rotatable bonds is 2. The third-order valence-corrected chi connectivity index (χ3v) is 2.16. The molecular weight excluding hydrogens is 170 g/mol. The molecule has 0 spiro atoms. The van der Waals surface area contributed by atoms with Crippen molar-refractivity contribution in [3.63, 3.8) is 0 Å². The number of aromatic nitrogens is 3. The van der Waals surface area contributed by atoms with Crippen molar-refractivity contribution in [3.8, 4) is 6.01 Å². The highest BCUT2D eigenvalue weighted by molar-refractivity contribution is 5.32. The molecule has 0 amide bonds. The quantitative estimate of drug-likeness (QED) is 0.637. The SMILES string of the molecule is COc1n[nH]c(N2CCC(N)C2)n1. The lowest BCUT2D eigenvalue weighted by molar-refractivity contribution is 0.382. The van der Waals surface area contributed by atoms with Crippen LogP contribution in [0.4, 0.5) is 5.95 Å². The van der Waals surface area contributed by atoms with Crippen LogP contribution in [0.3, 0.4) is 0 Å². The Bertz CT molecular complexity index is 286. The Hall–Kier alpha value is -1.30.